The zero-order chi connectivity index (χ0) is 11.9. The van der Waals surface area contributed by atoms with Crippen molar-refractivity contribution in [1.82, 2.24) is 9.55 Å². The van der Waals surface area contributed by atoms with Crippen molar-refractivity contribution in [2.24, 2.45) is 7.05 Å². The van der Waals surface area contributed by atoms with Crippen LogP contribution in [0, 0.1) is 0 Å². The van der Waals surface area contributed by atoms with E-state index in [2.05, 4.69) is 9.72 Å². The number of fused-ring (bicyclic) bond motifs is 1. The van der Waals surface area contributed by atoms with Gasteiger partial charge in [-0.3, -0.25) is 0 Å². The maximum Gasteiger partial charge on any atom is 0.340 e. The average Bonchev–Trinajstić information content (AvgIpc) is 2.61. The Bertz CT molecular complexity index is 578. The molecule has 0 fully saturated rings. The summed E-state index contributed by atoms with van der Waals surface area (Å²) in [5, 5.41) is 0.840. The third kappa shape index (κ3) is 1.54. The lowest BCUT2D eigenvalue weighted by molar-refractivity contribution is 0.0603. The fraction of sp³-hybridized carbons (Fsp3) is 0.200. The minimum Gasteiger partial charge on any atom is -0.465 e. The molecule has 84 valence electrons. The van der Waals surface area contributed by atoms with E-state index in [4.69, 9.17) is 23.2 Å². The summed E-state index contributed by atoms with van der Waals surface area (Å²) in [4.78, 5) is 15.7. The Kier molecular flexibility index (Phi) is 2.78. The van der Waals surface area contributed by atoms with Gasteiger partial charge in [-0.25, -0.2) is 9.78 Å². The molecule has 0 radical (unpaired) electrons. The van der Waals surface area contributed by atoms with Crippen LogP contribution in [0.25, 0.3) is 11.0 Å². The fourth-order valence-electron chi connectivity index (χ4n) is 1.52. The Morgan fingerprint density at radius 3 is 2.81 bits per heavy atom. The Morgan fingerprint density at radius 2 is 2.19 bits per heavy atom. The SMILES string of the molecule is COC(=O)c1c(Cl)c(Cl)nc2c1ccn2C. The van der Waals surface area contributed by atoms with Crippen LogP contribution in [0.4, 0.5) is 0 Å². The quantitative estimate of drug-likeness (QED) is 0.584. The summed E-state index contributed by atoms with van der Waals surface area (Å²) in [5.74, 6) is -0.523. The number of aryl methyl sites for hydroxylation is 1. The van der Waals surface area contributed by atoms with Gasteiger partial charge in [-0.1, -0.05) is 23.2 Å². The molecule has 0 N–H and O–H groups in total. The molecule has 16 heavy (non-hydrogen) atoms. The Balaban J connectivity index is 2.87. The third-order valence-electron chi connectivity index (χ3n) is 2.30. The van der Waals surface area contributed by atoms with Crippen LogP contribution < -0.4 is 0 Å². The van der Waals surface area contributed by atoms with Crippen molar-refractivity contribution in [2.45, 2.75) is 0 Å². The number of carbonyl (C=O) groups is 1. The lowest BCUT2D eigenvalue weighted by atomic mass is 10.2. The van der Waals surface area contributed by atoms with Crippen molar-refractivity contribution in [3.63, 3.8) is 0 Å². The fourth-order valence-corrected chi connectivity index (χ4v) is 1.92. The zero-order valence-electron chi connectivity index (χ0n) is 8.62. The molecule has 4 nitrogen and oxygen atoms in total. The predicted molar refractivity (Wildman–Crippen MR) is 62.1 cm³/mol. The number of esters is 1. The van der Waals surface area contributed by atoms with Crippen LogP contribution in [0.3, 0.4) is 0 Å². The van der Waals surface area contributed by atoms with E-state index in [1.807, 2.05) is 0 Å². The van der Waals surface area contributed by atoms with Gasteiger partial charge in [-0.2, -0.15) is 0 Å². The standard InChI is InChI=1S/C10H8Cl2N2O2/c1-14-4-3-5-6(10(15)16-2)7(11)8(12)13-9(5)14/h3-4H,1-2H3. The van der Waals surface area contributed by atoms with Gasteiger partial charge in [-0.15, -0.1) is 0 Å². The van der Waals surface area contributed by atoms with Crippen LogP contribution in [0.5, 0.6) is 0 Å². The summed E-state index contributed by atoms with van der Waals surface area (Å²) in [6, 6.07) is 1.75. The van der Waals surface area contributed by atoms with Crippen LogP contribution in [0.1, 0.15) is 10.4 Å². The van der Waals surface area contributed by atoms with Gasteiger partial charge in [0.15, 0.2) is 5.15 Å². The van der Waals surface area contributed by atoms with E-state index in [9.17, 15) is 4.79 Å². The highest BCUT2D eigenvalue weighted by atomic mass is 35.5. The zero-order valence-corrected chi connectivity index (χ0v) is 10.1. The van der Waals surface area contributed by atoms with Crippen LogP contribution >= 0.6 is 23.2 Å². The van der Waals surface area contributed by atoms with Crippen molar-refractivity contribution in [1.29, 1.82) is 0 Å². The maximum absolute atomic E-state index is 11.6. The molecular weight excluding hydrogens is 251 g/mol. The van der Waals surface area contributed by atoms with E-state index in [-0.39, 0.29) is 15.7 Å². The molecule has 2 aromatic rings. The Labute approximate surface area is 102 Å². The largest absolute Gasteiger partial charge is 0.465 e. The summed E-state index contributed by atoms with van der Waals surface area (Å²) in [7, 11) is 3.10. The van der Waals surface area contributed by atoms with Gasteiger partial charge >= 0.3 is 5.97 Å². The molecule has 0 aliphatic carbocycles. The van der Waals surface area contributed by atoms with Gasteiger partial charge in [0.2, 0.25) is 0 Å². The second-order valence-electron chi connectivity index (χ2n) is 3.25. The summed E-state index contributed by atoms with van der Waals surface area (Å²) < 4.78 is 6.42. The van der Waals surface area contributed by atoms with Gasteiger partial charge < -0.3 is 9.30 Å². The number of carbonyl (C=O) groups excluding carboxylic acids is 1. The molecule has 2 aromatic heterocycles. The summed E-state index contributed by atoms with van der Waals surface area (Å²) >= 11 is 11.8. The summed E-state index contributed by atoms with van der Waals surface area (Å²) in [6.07, 6.45) is 1.77. The number of methoxy groups -OCH3 is 1. The number of nitrogens with zero attached hydrogens (tertiary/aromatic N) is 2. The van der Waals surface area contributed by atoms with Crippen LogP contribution in [0.15, 0.2) is 12.3 Å². The second kappa shape index (κ2) is 3.96. The monoisotopic (exact) mass is 258 g/mol. The van der Waals surface area contributed by atoms with E-state index in [0.29, 0.717) is 11.0 Å². The molecule has 6 heteroatoms. The van der Waals surface area contributed by atoms with Crippen LogP contribution in [-0.2, 0) is 11.8 Å². The second-order valence-corrected chi connectivity index (χ2v) is 3.98. The molecule has 0 unspecified atom stereocenters. The van der Waals surface area contributed by atoms with E-state index in [0.717, 1.165) is 0 Å². The minimum absolute atomic E-state index is 0.0939. The van der Waals surface area contributed by atoms with Gasteiger partial charge in [0.1, 0.15) is 5.65 Å². The minimum atomic E-state index is -0.523. The van der Waals surface area contributed by atoms with E-state index in [1.54, 1.807) is 23.9 Å². The van der Waals surface area contributed by atoms with Crippen molar-refractivity contribution >= 4 is 40.2 Å². The van der Waals surface area contributed by atoms with Gasteiger partial charge in [0.25, 0.3) is 0 Å². The van der Waals surface area contributed by atoms with Gasteiger partial charge in [0.05, 0.1) is 17.7 Å². The van der Waals surface area contributed by atoms with Gasteiger partial charge in [0, 0.05) is 18.6 Å². The molecule has 0 saturated carbocycles. The molecule has 2 heterocycles. The average molecular weight is 259 g/mol. The van der Waals surface area contributed by atoms with Crippen LogP contribution in [-0.4, -0.2) is 22.6 Å². The van der Waals surface area contributed by atoms with E-state index in [1.165, 1.54) is 7.11 Å². The number of hydrogen-bond acceptors (Lipinski definition) is 3. The highest BCUT2D eigenvalue weighted by Crippen LogP contribution is 2.31. The first kappa shape index (κ1) is 11.2. The smallest absolute Gasteiger partial charge is 0.340 e. The molecule has 0 aliphatic rings. The summed E-state index contributed by atoms with van der Waals surface area (Å²) in [5.41, 5.74) is 0.842. The maximum atomic E-state index is 11.6. The number of hydrogen-bond donors (Lipinski definition) is 0. The first-order chi connectivity index (χ1) is 7.56. The highest BCUT2D eigenvalue weighted by Gasteiger charge is 2.20. The molecule has 0 atom stereocenters. The first-order valence-electron chi connectivity index (χ1n) is 4.44. The molecule has 0 spiro atoms. The Morgan fingerprint density at radius 1 is 1.50 bits per heavy atom. The number of aromatic nitrogens is 2. The normalized spacial score (nSPS) is 10.8. The number of halogens is 2. The molecule has 0 aliphatic heterocycles. The highest BCUT2D eigenvalue weighted by molar-refractivity contribution is 6.44. The van der Waals surface area contributed by atoms with E-state index < -0.39 is 5.97 Å². The van der Waals surface area contributed by atoms with E-state index >= 15 is 0 Å². The molecule has 0 bridgehead atoms. The molecule has 2 rings (SSSR count). The summed E-state index contributed by atoms with van der Waals surface area (Å²) in [6.45, 7) is 0. The van der Waals surface area contributed by atoms with Crippen molar-refractivity contribution in [3.05, 3.63) is 28.0 Å². The van der Waals surface area contributed by atoms with Crippen molar-refractivity contribution < 1.29 is 9.53 Å². The topological polar surface area (TPSA) is 44.1 Å². The molecular formula is C10H8Cl2N2O2. The molecule has 0 saturated heterocycles. The number of pyridine rings is 1. The Hall–Kier alpha value is -1.26. The predicted octanol–water partition coefficient (Wildman–Crippen LogP) is 2.67. The lowest BCUT2D eigenvalue weighted by Crippen LogP contribution is -2.04. The molecule has 0 aromatic carbocycles. The van der Waals surface area contributed by atoms with Crippen molar-refractivity contribution in [3.8, 4) is 0 Å². The van der Waals surface area contributed by atoms with Crippen LogP contribution in [0.2, 0.25) is 10.2 Å². The first-order valence-corrected chi connectivity index (χ1v) is 5.20. The third-order valence-corrected chi connectivity index (χ3v) is 3.04. The van der Waals surface area contributed by atoms with Gasteiger partial charge in [-0.05, 0) is 6.07 Å². The number of ether oxygens (including phenoxy) is 1. The number of rotatable bonds is 1. The lowest BCUT2D eigenvalue weighted by Gasteiger charge is -2.06. The van der Waals surface area contributed by atoms with Crippen molar-refractivity contribution in [2.75, 3.05) is 7.11 Å². The molecule has 0 amide bonds.